The van der Waals surface area contributed by atoms with Gasteiger partial charge in [-0.2, -0.15) is 0 Å². The van der Waals surface area contributed by atoms with Crippen molar-refractivity contribution in [3.63, 3.8) is 0 Å². The Kier molecular flexibility index (Phi) is 20.6. The molecule has 0 atom stereocenters. The number of nitrogens with zero attached hydrogens (tertiary/aromatic N) is 2. The van der Waals surface area contributed by atoms with Crippen LogP contribution in [0.5, 0.6) is 0 Å². The second-order valence-electron chi connectivity index (χ2n) is 16.6. The average molecular weight is 746 g/mol. The Morgan fingerprint density at radius 2 is 0.959 bits per heavy atom. The molecule has 0 bridgehead atoms. The molecule has 3 rings (SSSR count). The average Bonchev–Trinajstić information content (AvgIpc) is 3.34. The van der Waals surface area contributed by atoms with Crippen molar-refractivity contribution < 1.29 is 19.1 Å². The van der Waals surface area contributed by atoms with Crippen LogP contribution in [-0.2, 0) is 27.3 Å². The molecule has 0 unspecified atom stereocenters. The Morgan fingerprint density at radius 3 is 1.39 bits per heavy atom. The Bertz CT molecular complexity index is 1320. The molecule has 2 aromatic carbocycles. The van der Waals surface area contributed by atoms with Gasteiger partial charge >= 0.3 is 51.9 Å². The number of rotatable bonds is 22. The summed E-state index contributed by atoms with van der Waals surface area (Å²) in [6.45, 7) is 23.8. The molecule has 5 heteroatoms. The third-order valence-corrected chi connectivity index (χ3v) is 14.4. The van der Waals surface area contributed by atoms with E-state index < -0.39 is 16.1 Å². The summed E-state index contributed by atoms with van der Waals surface area (Å²) in [7, 11) is -2.26. The molecule has 2 aromatic rings. The van der Waals surface area contributed by atoms with Gasteiger partial charge in [0.15, 0.2) is 0 Å². The molecule has 49 heavy (non-hydrogen) atoms. The molecule has 0 aromatic heterocycles. The first-order valence-electron chi connectivity index (χ1n) is 19.9. The summed E-state index contributed by atoms with van der Waals surface area (Å²) >= 11 is 1.90. The SMILES string of the molecule is CCCCCCCCC1=C(c2cccc(CC[Si](C)(C)C)c2)[N+](=[N-])C(c2cccc(CC[Si](C)(C)C)c2)=C1CCCC.CC[CH2][Ni][CH2]CC. The standard InChI is InChI=1S/C38H60N2Si2.2C3H7.Ni/c1-9-11-13-14-15-16-24-36-35(23-12-10-2)37(33-21-17-19-31(29-33)25-27-41(3,4)5)40(39)38(36)34-22-18-20-32(30-34)26-28-42(6,7)8;2*1-3-2;/h17-22,29-30H,9-16,23-28H2,1-8H3;2*1,3H2,2H3;. The molecule has 278 valence electrons. The fraction of sp³-hybridized carbons (Fsp3) is 0.636. The quantitative estimate of drug-likeness (QED) is 0.0652. The van der Waals surface area contributed by atoms with Gasteiger partial charge in [-0.3, -0.25) is 0 Å². The predicted molar refractivity (Wildman–Crippen MR) is 222 cm³/mol. The summed E-state index contributed by atoms with van der Waals surface area (Å²) in [6.07, 6.45) is 17.0. The molecule has 0 amide bonds. The summed E-state index contributed by atoms with van der Waals surface area (Å²) in [4.78, 5) is 0. The van der Waals surface area contributed by atoms with Gasteiger partial charge in [-0.25, -0.2) is 4.70 Å². The van der Waals surface area contributed by atoms with Gasteiger partial charge in [-0.15, -0.1) is 0 Å². The van der Waals surface area contributed by atoms with E-state index in [0.717, 1.165) is 49.9 Å². The normalized spacial score (nSPS) is 13.8. The van der Waals surface area contributed by atoms with Crippen LogP contribution in [0.3, 0.4) is 0 Å². The molecule has 0 radical (unpaired) electrons. The van der Waals surface area contributed by atoms with Crippen LogP contribution >= 0.6 is 0 Å². The van der Waals surface area contributed by atoms with Crippen LogP contribution in [-0.4, -0.2) is 20.8 Å². The van der Waals surface area contributed by atoms with Crippen molar-refractivity contribution in [2.24, 2.45) is 0 Å². The number of unbranched alkanes of at least 4 members (excludes halogenated alkanes) is 6. The van der Waals surface area contributed by atoms with E-state index in [0.29, 0.717) is 0 Å². The van der Waals surface area contributed by atoms with Crippen molar-refractivity contribution in [1.82, 2.24) is 0 Å². The summed E-state index contributed by atoms with van der Waals surface area (Å²) in [6, 6.07) is 20.7. The third-order valence-electron chi connectivity index (χ3n) is 9.19. The Hall–Kier alpha value is -1.55. The van der Waals surface area contributed by atoms with Crippen molar-refractivity contribution >= 4 is 27.5 Å². The van der Waals surface area contributed by atoms with E-state index in [2.05, 4.69) is 116 Å². The van der Waals surface area contributed by atoms with Crippen molar-refractivity contribution in [3.05, 3.63) is 87.5 Å². The van der Waals surface area contributed by atoms with Crippen LogP contribution in [0.15, 0.2) is 59.7 Å². The van der Waals surface area contributed by atoms with Crippen LogP contribution < -0.4 is 0 Å². The van der Waals surface area contributed by atoms with Gasteiger partial charge in [-0.05, 0) is 73.9 Å². The maximum absolute atomic E-state index is 12.1. The Labute approximate surface area is 312 Å². The molecule has 1 heterocycles. The second-order valence-corrected chi connectivity index (χ2v) is 29.3. The maximum atomic E-state index is 12.1. The zero-order valence-electron chi connectivity index (χ0n) is 33.6. The Morgan fingerprint density at radius 1 is 0.531 bits per heavy atom. The van der Waals surface area contributed by atoms with Gasteiger partial charge in [0.25, 0.3) is 0 Å². The summed E-state index contributed by atoms with van der Waals surface area (Å²) < 4.78 is 1.59. The Balaban J connectivity index is 0.00000107. The summed E-state index contributed by atoms with van der Waals surface area (Å²) in [5.41, 5.74) is 22.0. The summed E-state index contributed by atoms with van der Waals surface area (Å²) in [5.74, 6) is 0. The molecule has 1 aliphatic heterocycles. The minimum atomic E-state index is -1.13. The van der Waals surface area contributed by atoms with Crippen molar-refractivity contribution in [3.8, 4) is 0 Å². The van der Waals surface area contributed by atoms with E-state index >= 15 is 0 Å². The zero-order valence-corrected chi connectivity index (χ0v) is 36.5. The van der Waals surface area contributed by atoms with E-state index in [-0.39, 0.29) is 0 Å². The monoisotopic (exact) mass is 744 g/mol. The first-order valence-corrected chi connectivity index (χ1v) is 28.7. The minimum absolute atomic E-state index is 1.02. The molecule has 0 saturated heterocycles. The van der Waals surface area contributed by atoms with Crippen LogP contribution in [0.4, 0.5) is 0 Å². The topological polar surface area (TPSA) is 25.3 Å². The number of allylic oxidation sites excluding steroid dienone is 2. The van der Waals surface area contributed by atoms with E-state index in [9.17, 15) is 5.53 Å². The number of hydrogen-bond acceptors (Lipinski definition) is 0. The third kappa shape index (κ3) is 16.6. The van der Waals surface area contributed by atoms with Gasteiger partial charge in [0.05, 0.1) is 0 Å². The fourth-order valence-electron chi connectivity index (χ4n) is 6.31. The van der Waals surface area contributed by atoms with Gasteiger partial charge in [0.1, 0.15) is 0 Å². The molecule has 0 spiro atoms. The van der Waals surface area contributed by atoms with Gasteiger partial charge in [0, 0.05) is 38.4 Å². The molecule has 0 N–H and O–H groups in total. The van der Waals surface area contributed by atoms with E-state index in [1.165, 1.54) is 108 Å². The van der Waals surface area contributed by atoms with Crippen molar-refractivity contribution in [2.75, 3.05) is 0 Å². The van der Waals surface area contributed by atoms with Gasteiger partial charge < -0.3 is 5.53 Å². The molecule has 0 saturated carbocycles. The van der Waals surface area contributed by atoms with Gasteiger partial charge in [-0.1, -0.05) is 128 Å². The first kappa shape index (κ1) is 43.6. The molecular weight excluding hydrogens is 671 g/mol. The molecule has 0 aliphatic carbocycles. The predicted octanol–water partition coefficient (Wildman–Crippen LogP) is 15.3. The van der Waals surface area contributed by atoms with Crippen LogP contribution in [0.25, 0.3) is 16.9 Å². The zero-order chi connectivity index (χ0) is 36.3. The number of hydrogen-bond donors (Lipinski definition) is 0. The van der Waals surface area contributed by atoms with Crippen LogP contribution in [0.1, 0.15) is 127 Å². The molecular formula is C44H74N2NiSi2. The second kappa shape index (κ2) is 23.1. The number of aryl methyl sites for hydroxylation is 2. The molecule has 0 fully saturated rings. The van der Waals surface area contributed by atoms with E-state index in [1.54, 1.807) is 4.70 Å². The fourth-order valence-corrected chi connectivity index (χ4v) is 9.33. The van der Waals surface area contributed by atoms with E-state index in [4.69, 9.17) is 0 Å². The summed E-state index contributed by atoms with van der Waals surface area (Å²) in [5, 5.41) is 2.72. The van der Waals surface area contributed by atoms with E-state index in [1.807, 2.05) is 14.4 Å². The first-order chi connectivity index (χ1) is 23.3. The molecule has 1 aliphatic rings. The van der Waals surface area contributed by atoms with Crippen molar-refractivity contribution in [2.45, 2.75) is 180 Å². The van der Waals surface area contributed by atoms with Crippen LogP contribution in [0, 0.1) is 0 Å². The number of benzene rings is 2. The molecule has 2 nitrogen and oxygen atoms in total. The van der Waals surface area contributed by atoms with Crippen molar-refractivity contribution in [1.29, 1.82) is 0 Å². The van der Waals surface area contributed by atoms with Crippen LogP contribution in [0.2, 0.25) is 62.2 Å². The van der Waals surface area contributed by atoms with Gasteiger partial charge in [0.2, 0.25) is 11.4 Å².